The van der Waals surface area contributed by atoms with Gasteiger partial charge in [0.2, 0.25) is 0 Å². The lowest BCUT2D eigenvalue weighted by molar-refractivity contribution is 0.107. The van der Waals surface area contributed by atoms with Gasteiger partial charge in [-0.25, -0.2) is 4.68 Å². The molecule has 1 fully saturated rings. The molecule has 0 bridgehead atoms. The standard InChI is InChI=1S/C16H25N3O2/c1-12(2)9-18-6-3-4-14(18)10-19-16(20)8-13-11-21-7-5-15(13)17-19/h8,12,14H,3-7,9-11H2,1-2H3. The quantitative estimate of drug-likeness (QED) is 0.842. The van der Waals surface area contributed by atoms with E-state index in [1.165, 1.54) is 12.8 Å². The molecule has 3 heterocycles. The normalized spacial score (nSPS) is 22.7. The Labute approximate surface area is 125 Å². The van der Waals surface area contributed by atoms with Gasteiger partial charge in [-0.2, -0.15) is 5.10 Å². The molecule has 3 rings (SSSR count). The van der Waals surface area contributed by atoms with Crippen molar-refractivity contribution >= 4 is 0 Å². The first-order valence-electron chi connectivity index (χ1n) is 8.05. The molecule has 0 aliphatic carbocycles. The molecule has 0 radical (unpaired) electrons. The van der Waals surface area contributed by atoms with Gasteiger partial charge in [0.1, 0.15) is 0 Å². The molecule has 0 N–H and O–H groups in total. The zero-order valence-electron chi connectivity index (χ0n) is 13.0. The first kappa shape index (κ1) is 14.7. The summed E-state index contributed by atoms with van der Waals surface area (Å²) in [6, 6.07) is 2.17. The van der Waals surface area contributed by atoms with Gasteiger partial charge in [0.15, 0.2) is 0 Å². The van der Waals surface area contributed by atoms with Crippen molar-refractivity contribution in [3.05, 3.63) is 27.7 Å². The predicted octanol–water partition coefficient (Wildman–Crippen LogP) is 1.44. The third kappa shape index (κ3) is 3.35. The second-order valence-corrected chi connectivity index (χ2v) is 6.62. The highest BCUT2D eigenvalue weighted by Crippen LogP contribution is 2.20. The molecule has 21 heavy (non-hydrogen) atoms. The zero-order chi connectivity index (χ0) is 14.8. The van der Waals surface area contributed by atoms with Gasteiger partial charge in [-0.3, -0.25) is 9.69 Å². The van der Waals surface area contributed by atoms with Gasteiger partial charge >= 0.3 is 0 Å². The maximum absolute atomic E-state index is 12.2. The number of rotatable bonds is 4. The van der Waals surface area contributed by atoms with Crippen molar-refractivity contribution in [2.75, 3.05) is 19.7 Å². The molecule has 116 valence electrons. The molecule has 0 amide bonds. The molecule has 0 spiro atoms. The van der Waals surface area contributed by atoms with Crippen LogP contribution in [0.3, 0.4) is 0 Å². The molecular formula is C16H25N3O2. The van der Waals surface area contributed by atoms with Crippen LogP contribution in [-0.2, 0) is 24.3 Å². The molecule has 1 aromatic heterocycles. The first-order chi connectivity index (χ1) is 10.1. The molecule has 1 atom stereocenters. The van der Waals surface area contributed by atoms with Crippen molar-refractivity contribution in [3.63, 3.8) is 0 Å². The van der Waals surface area contributed by atoms with Gasteiger partial charge in [-0.05, 0) is 25.3 Å². The molecule has 2 aliphatic heterocycles. The molecule has 2 aliphatic rings. The van der Waals surface area contributed by atoms with Crippen LogP contribution in [0.1, 0.15) is 37.9 Å². The number of nitrogens with zero attached hydrogens (tertiary/aromatic N) is 3. The van der Waals surface area contributed by atoms with E-state index in [1.807, 2.05) is 0 Å². The van der Waals surface area contributed by atoms with E-state index in [1.54, 1.807) is 10.7 Å². The third-order valence-corrected chi connectivity index (χ3v) is 4.39. The van der Waals surface area contributed by atoms with Gasteiger partial charge in [-0.15, -0.1) is 0 Å². The summed E-state index contributed by atoms with van der Waals surface area (Å²) >= 11 is 0. The fraction of sp³-hybridized carbons (Fsp3) is 0.750. The monoisotopic (exact) mass is 291 g/mol. The lowest BCUT2D eigenvalue weighted by Crippen LogP contribution is -2.39. The van der Waals surface area contributed by atoms with E-state index in [9.17, 15) is 4.79 Å². The predicted molar refractivity (Wildman–Crippen MR) is 81.3 cm³/mol. The average molecular weight is 291 g/mol. The lowest BCUT2D eigenvalue weighted by Gasteiger charge is -2.26. The van der Waals surface area contributed by atoms with Crippen LogP contribution < -0.4 is 5.56 Å². The topological polar surface area (TPSA) is 47.4 Å². The summed E-state index contributed by atoms with van der Waals surface area (Å²) in [5, 5.41) is 4.59. The van der Waals surface area contributed by atoms with E-state index in [4.69, 9.17) is 4.74 Å². The minimum Gasteiger partial charge on any atom is -0.376 e. The van der Waals surface area contributed by atoms with Crippen LogP contribution in [0.4, 0.5) is 0 Å². The number of aromatic nitrogens is 2. The van der Waals surface area contributed by atoms with E-state index in [0.29, 0.717) is 25.2 Å². The molecule has 5 heteroatoms. The minimum atomic E-state index is 0.00986. The maximum Gasteiger partial charge on any atom is 0.267 e. The Morgan fingerprint density at radius 2 is 2.33 bits per heavy atom. The zero-order valence-corrected chi connectivity index (χ0v) is 13.0. The van der Waals surface area contributed by atoms with Crippen LogP contribution in [0.5, 0.6) is 0 Å². The molecule has 1 aromatic rings. The van der Waals surface area contributed by atoms with Crippen molar-refractivity contribution in [1.82, 2.24) is 14.7 Å². The van der Waals surface area contributed by atoms with Crippen LogP contribution >= 0.6 is 0 Å². The minimum absolute atomic E-state index is 0.00986. The molecule has 1 unspecified atom stereocenters. The Kier molecular flexibility index (Phi) is 4.40. The van der Waals surface area contributed by atoms with E-state index in [2.05, 4.69) is 23.8 Å². The first-order valence-corrected chi connectivity index (χ1v) is 8.05. The lowest BCUT2D eigenvalue weighted by atomic mass is 10.1. The second-order valence-electron chi connectivity index (χ2n) is 6.62. The molecular weight excluding hydrogens is 266 g/mol. The molecule has 5 nitrogen and oxygen atoms in total. The fourth-order valence-electron chi connectivity index (χ4n) is 3.39. The molecule has 1 saturated heterocycles. The molecule has 0 aromatic carbocycles. The largest absolute Gasteiger partial charge is 0.376 e. The summed E-state index contributed by atoms with van der Waals surface area (Å²) in [5.74, 6) is 0.663. The summed E-state index contributed by atoms with van der Waals surface area (Å²) in [5.41, 5.74) is 2.01. The summed E-state index contributed by atoms with van der Waals surface area (Å²) in [7, 11) is 0. The van der Waals surface area contributed by atoms with Crippen LogP contribution in [-0.4, -0.2) is 40.4 Å². The number of likely N-dealkylation sites (tertiary alicyclic amines) is 1. The van der Waals surface area contributed by atoms with Crippen molar-refractivity contribution < 1.29 is 4.74 Å². The number of hydrogen-bond acceptors (Lipinski definition) is 4. The SMILES string of the molecule is CC(C)CN1CCCC1Cn1nc2c(cc1=O)COCC2. The maximum atomic E-state index is 12.2. The van der Waals surface area contributed by atoms with Gasteiger partial charge in [0.05, 0.1) is 25.5 Å². The Hall–Kier alpha value is -1.20. The Bertz CT molecular complexity index is 553. The number of hydrogen-bond donors (Lipinski definition) is 0. The van der Waals surface area contributed by atoms with Crippen LogP contribution in [0.2, 0.25) is 0 Å². The number of fused-ring (bicyclic) bond motifs is 1. The van der Waals surface area contributed by atoms with E-state index in [-0.39, 0.29) is 5.56 Å². The molecule has 0 saturated carbocycles. The van der Waals surface area contributed by atoms with Gasteiger partial charge < -0.3 is 4.74 Å². The Morgan fingerprint density at radius 3 is 3.14 bits per heavy atom. The van der Waals surface area contributed by atoms with Crippen molar-refractivity contribution in [2.24, 2.45) is 5.92 Å². The van der Waals surface area contributed by atoms with Crippen molar-refractivity contribution in [2.45, 2.75) is 52.3 Å². The number of ether oxygens (including phenoxy) is 1. The third-order valence-electron chi connectivity index (χ3n) is 4.39. The van der Waals surface area contributed by atoms with Gasteiger partial charge in [0.25, 0.3) is 5.56 Å². The summed E-state index contributed by atoms with van der Waals surface area (Å²) < 4.78 is 7.06. The van der Waals surface area contributed by atoms with Crippen LogP contribution in [0.15, 0.2) is 10.9 Å². The van der Waals surface area contributed by atoms with Crippen LogP contribution in [0, 0.1) is 5.92 Å². The highest BCUT2D eigenvalue weighted by molar-refractivity contribution is 5.18. The average Bonchev–Trinajstić information content (AvgIpc) is 2.86. The van der Waals surface area contributed by atoms with E-state index >= 15 is 0 Å². The summed E-state index contributed by atoms with van der Waals surface area (Å²) in [4.78, 5) is 14.7. The van der Waals surface area contributed by atoms with Gasteiger partial charge in [0, 0.05) is 30.6 Å². The fourth-order valence-corrected chi connectivity index (χ4v) is 3.39. The summed E-state index contributed by atoms with van der Waals surface area (Å²) in [6.45, 7) is 8.72. The van der Waals surface area contributed by atoms with E-state index < -0.39 is 0 Å². The Balaban J connectivity index is 1.76. The summed E-state index contributed by atoms with van der Waals surface area (Å²) in [6.07, 6.45) is 3.21. The highest BCUT2D eigenvalue weighted by Gasteiger charge is 2.26. The van der Waals surface area contributed by atoms with Crippen LogP contribution in [0.25, 0.3) is 0 Å². The van der Waals surface area contributed by atoms with Crippen molar-refractivity contribution in [3.8, 4) is 0 Å². The Morgan fingerprint density at radius 1 is 1.48 bits per heavy atom. The van der Waals surface area contributed by atoms with Gasteiger partial charge in [-0.1, -0.05) is 13.8 Å². The van der Waals surface area contributed by atoms with E-state index in [0.717, 1.165) is 37.3 Å². The highest BCUT2D eigenvalue weighted by atomic mass is 16.5. The smallest absolute Gasteiger partial charge is 0.267 e. The van der Waals surface area contributed by atoms with Crippen molar-refractivity contribution in [1.29, 1.82) is 0 Å². The second kappa shape index (κ2) is 6.28.